The summed E-state index contributed by atoms with van der Waals surface area (Å²) in [5.74, 6) is -0.171. The number of hydrogen-bond donors (Lipinski definition) is 2. The van der Waals surface area contributed by atoms with Crippen LogP contribution in [0, 0.1) is 0 Å². The lowest BCUT2D eigenvalue weighted by atomic mass is 10.0. The van der Waals surface area contributed by atoms with Crippen LogP contribution in [0.1, 0.15) is 29.6 Å². The largest absolute Gasteiger partial charge is 0.302 e. The Morgan fingerprint density at radius 3 is 2.56 bits per heavy atom. The number of carbonyl (C=O) groups is 2. The van der Waals surface area contributed by atoms with Crippen LogP contribution < -0.4 is 10.9 Å². The number of carbonyl (C=O) groups excluding carboxylic acids is 2. The van der Waals surface area contributed by atoms with Crippen LogP contribution in [0.5, 0.6) is 0 Å². The van der Waals surface area contributed by atoms with Gasteiger partial charge in [0.05, 0.1) is 0 Å². The predicted molar refractivity (Wildman–Crippen MR) is 69.0 cm³/mol. The first kappa shape index (κ1) is 12.6. The summed E-state index contributed by atoms with van der Waals surface area (Å²) in [5.41, 5.74) is 6.58. The Kier molecular flexibility index (Phi) is 3.99. The van der Waals surface area contributed by atoms with E-state index in [2.05, 4.69) is 10.9 Å². The summed E-state index contributed by atoms with van der Waals surface area (Å²) in [6, 6.07) is 6.58. The zero-order chi connectivity index (χ0) is 13.0. The Hall–Kier alpha value is -1.81. The highest BCUT2D eigenvalue weighted by Gasteiger charge is 2.11. The van der Waals surface area contributed by atoms with Gasteiger partial charge in [0.1, 0.15) is 0 Å². The molecule has 0 saturated carbocycles. The fourth-order valence-corrected chi connectivity index (χ4v) is 1.83. The third kappa shape index (κ3) is 3.34. The molecule has 5 heteroatoms. The minimum absolute atomic E-state index is 0.0875. The molecule has 1 aliphatic carbocycles. The lowest BCUT2D eigenvalue weighted by Crippen LogP contribution is -2.37. The van der Waals surface area contributed by atoms with Crippen LogP contribution in [0.15, 0.2) is 36.0 Å². The van der Waals surface area contributed by atoms with Gasteiger partial charge in [-0.15, -0.1) is 0 Å². The number of hydrazine groups is 1. The quantitative estimate of drug-likeness (QED) is 0.823. The fourth-order valence-electron chi connectivity index (χ4n) is 1.70. The summed E-state index contributed by atoms with van der Waals surface area (Å²) < 4.78 is 0. The lowest BCUT2D eigenvalue weighted by Gasteiger charge is -2.15. The average Bonchev–Trinajstić information content (AvgIpc) is 2.37. The summed E-state index contributed by atoms with van der Waals surface area (Å²) in [6.45, 7) is 0. The van der Waals surface area contributed by atoms with Gasteiger partial charge in [-0.2, -0.15) is 0 Å². The molecule has 2 rings (SSSR count). The van der Waals surface area contributed by atoms with Gasteiger partial charge in [0.25, 0.3) is 5.91 Å². The van der Waals surface area contributed by atoms with E-state index >= 15 is 0 Å². The molecular weight excluding hydrogens is 252 g/mol. The zero-order valence-corrected chi connectivity index (χ0v) is 10.5. The van der Waals surface area contributed by atoms with Crippen molar-refractivity contribution >= 4 is 23.3 Å². The van der Waals surface area contributed by atoms with E-state index in [9.17, 15) is 9.59 Å². The van der Waals surface area contributed by atoms with Crippen LogP contribution >= 0.6 is 11.6 Å². The van der Waals surface area contributed by atoms with Crippen LogP contribution in [0.2, 0.25) is 5.02 Å². The third-order valence-electron chi connectivity index (χ3n) is 2.65. The van der Waals surface area contributed by atoms with Crippen molar-refractivity contribution < 1.29 is 9.59 Å². The SMILES string of the molecule is O=C1C=C(NNC(=O)c2ccc(Cl)cc2)CCC1. The summed E-state index contributed by atoms with van der Waals surface area (Å²) in [6.07, 6.45) is 3.70. The Morgan fingerprint density at radius 1 is 1.17 bits per heavy atom. The van der Waals surface area contributed by atoms with Crippen molar-refractivity contribution in [1.29, 1.82) is 0 Å². The molecule has 0 aromatic heterocycles. The van der Waals surface area contributed by atoms with Crippen molar-refractivity contribution in [2.45, 2.75) is 19.3 Å². The highest BCUT2D eigenvalue weighted by atomic mass is 35.5. The number of benzene rings is 1. The smallest absolute Gasteiger partial charge is 0.269 e. The van der Waals surface area contributed by atoms with Gasteiger partial charge in [-0.25, -0.2) is 0 Å². The predicted octanol–water partition coefficient (Wildman–Crippen LogP) is 2.21. The third-order valence-corrected chi connectivity index (χ3v) is 2.90. The van der Waals surface area contributed by atoms with E-state index in [4.69, 9.17) is 11.6 Å². The molecular formula is C13H13ClN2O2. The van der Waals surface area contributed by atoms with Crippen molar-refractivity contribution in [3.8, 4) is 0 Å². The molecule has 0 spiro atoms. The van der Waals surface area contributed by atoms with Crippen molar-refractivity contribution in [2.24, 2.45) is 0 Å². The zero-order valence-electron chi connectivity index (χ0n) is 9.70. The molecule has 94 valence electrons. The Balaban J connectivity index is 1.92. The Labute approximate surface area is 110 Å². The minimum atomic E-state index is -0.259. The first-order valence-electron chi connectivity index (χ1n) is 5.70. The molecule has 0 saturated heterocycles. The molecule has 4 nitrogen and oxygen atoms in total. The molecule has 0 bridgehead atoms. The van der Waals surface area contributed by atoms with E-state index in [1.54, 1.807) is 24.3 Å². The maximum Gasteiger partial charge on any atom is 0.269 e. The van der Waals surface area contributed by atoms with Crippen LogP contribution in [0.4, 0.5) is 0 Å². The van der Waals surface area contributed by atoms with Crippen molar-refractivity contribution in [2.75, 3.05) is 0 Å². The van der Waals surface area contributed by atoms with Crippen LogP contribution in [-0.4, -0.2) is 11.7 Å². The summed E-state index contributed by atoms with van der Waals surface area (Å²) in [7, 11) is 0. The number of rotatable bonds is 3. The van der Waals surface area contributed by atoms with Gasteiger partial charge in [0, 0.05) is 28.8 Å². The fraction of sp³-hybridized carbons (Fsp3) is 0.231. The monoisotopic (exact) mass is 264 g/mol. The average molecular weight is 265 g/mol. The topological polar surface area (TPSA) is 58.2 Å². The van der Waals surface area contributed by atoms with Crippen LogP contribution in [0.3, 0.4) is 0 Å². The molecule has 0 radical (unpaired) electrons. The first-order valence-corrected chi connectivity index (χ1v) is 6.08. The number of halogens is 1. The molecule has 0 aliphatic heterocycles. The molecule has 18 heavy (non-hydrogen) atoms. The highest BCUT2D eigenvalue weighted by molar-refractivity contribution is 6.30. The molecule has 0 unspecified atom stereocenters. The second-order valence-corrected chi connectivity index (χ2v) is 4.51. The second kappa shape index (κ2) is 5.69. The summed E-state index contributed by atoms with van der Waals surface area (Å²) in [5, 5.41) is 0.583. The second-order valence-electron chi connectivity index (χ2n) is 4.08. The number of hydrogen-bond acceptors (Lipinski definition) is 3. The Morgan fingerprint density at radius 2 is 1.89 bits per heavy atom. The lowest BCUT2D eigenvalue weighted by molar-refractivity contribution is -0.115. The van der Waals surface area contributed by atoms with E-state index in [0.717, 1.165) is 18.5 Å². The van der Waals surface area contributed by atoms with E-state index in [0.29, 0.717) is 17.0 Å². The van der Waals surface area contributed by atoms with Crippen molar-refractivity contribution in [3.63, 3.8) is 0 Å². The number of nitrogens with one attached hydrogen (secondary N) is 2. The molecule has 1 amide bonds. The maximum atomic E-state index is 11.8. The van der Waals surface area contributed by atoms with Crippen molar-refractivity contribution in [3.05, 3.63) is 46.6 Å². The number of amides is 1. The molecule has 0 heterocycles. The Bertz CT molecular complexity index is 494. The summed E-state index contributed by atoms with van der Waals surface area (Å²) >= 11 is 5.74. The van der Waals surface area contributed by atoms with E-state index < -0.39 is 0 Å². The molecule has 1 aliphatic rings. The van der Waals surface area contributed by atoms with Gasteiger partial charge >= 0.3 is 0 Å². The van der Waals surface area contributed by atoms with Gasteiger partial charge in [0.2, 0.25) is 0 Å². The van der Waals surface area contributed by atoms with Crippen LogP contribution in [-0.2, 0) is 4.79 Å². The van der Waals surface area contributed by atoms with Crippen molar-refractivity contribution in [1.82, 2.24) is 10.9 Å². The normalized spacial score (nSPS) is 14.9. The standard InChI is InChI=1S/C13H13ClN2O2/c14-10-6-4-9(5-7-10)13(18)16-15-11-2-1-3-12(17)8-11/h4-8,15H,1-3H2,(H,16,18). The minimum Gasteiger partial charge on any atom is -0.302 e. The van der Waals surface area contributed by atoms with Gasteiger partial charge in [0.15, 0.2) is 5.78 Å². The summed E-state index contributed by atoms with van der Waals surface area (Å²) in [4.78, 5) is 22.9. The highest BCUT2D eigenvalue weighted by Crippen LogP contribution is 2.12. The van der Waals surface area contributed by atoms with Gasteiger partial charge in [-0.3, -0.25) is 15.0 Å². The molecule has 2 N–H and O–H groups in total. The molecule has 0 fully saturated rings. The maximum absolute atomic E-state index is 11.8. The van der Waals surface area contributed by atoms with Crippen LogP contribution in [0.25, 0.3) is 0 Å². The van der Waals surface area contributed by atoms with E-state index in [1.165, 1.54) is 6.08 Å². The molecule has 1 aromatic rings. The van der Waals surface area contributed by atoms with Gasteiger partial charge < -0.3 is 5.43 Å². The first-order chi connectivity index (χ1) is 8.65. The number of ketones is 1. The molecule has 1 aromatic carbocycles. The molecule has 0 atom stereocenters. The van der Waals surface area contributed by atoms with Gasteiger partial charge in [-0.05, 0) is 37.1 Å². The number of allylic oxidation sites excluding steroid dienone is 2. The van der Waals surface area contributed by atoms with E-state index in [1.807, 2.05) is 0 Å². The van der Waals surface area contributed by atoms with E-state index in [-0.39, 0.29) is 11.7 Å². The van der Waals surface area contributed by atoms with Gasteiger partial charge in [-0.1, -0.05) is 11.6 Å².